The Hall–Kier alpha value is -2.59. The Bertz CT molecular complexity index is 1120. The molecule has 1 aromatic heterocycles. The minimum absolute atomic E-state index is 0. The van der Waals surface area contributed by atoms with E-state index in [0.29, 0.717) is 0 Å². The fraction of sp³-hybridized carbons (Fsp3) is 0.310. The van der Waals surface area contributed by atoms with E-state index < -0.39 is 0 Å². The monoisotopic (exact) mass is 459 g/mol. The molecule has 0 bridgehead atoms. The molecule has 0 spiro atoms. The van der Waals surface area contributed by atoms with Crippen LogP contribution in [0.15, 0.2) is 84.9 Å². The minimum Gasteiger partial charge on any atom is -0.340 e. The van der Waals surface area contributed by atoms with Crippen LogP contribution in [-0.2, 0) is 6.54 Å². The third kappa shape index (κ3) is 5.67. The first kappa shape index (κ1) is 23.6. The molecular formula is C29H34ClN3. The van der Waals surface area contributed by atoms with Crippen LogP contribution in [0.4, 0.5) is 0 Å². The third-order valence-corrected chi connectivity index (χ3v) is 6.72. The summed E-state index contributed by atoms with van der Waals surface area (Å²) in [5.74, 6) is 0. The first-order valence-electron chi connectivity index (χ1n) is 12.0. The van der Waals surface area contributed by atoms with Crippen molar-refractivity contribution in [3.63, 3.8) is 0 Å². The predicted molar refractivity (Wildman–Crippen MR) is 144 cm³/mol. The highest BCUT2D eigenvalue weighted by Crippen LogP contribution is 2.29. The number of nitrogens with zero attached hydrogens (tertiary/aromatic N) is 3. The summed E-state index contributed by atoms with van der Waals surface area (Å²) in [6.45, 7) is 8.08. The normalized spacial score (nSPS) is 15.4. The number of hydrogen-bond acceptors (Lipinski definition) is 2. The zero-order valence-corrected chi connectivity index (χ0v) is 20.1. The van der Waals surface area contributed by atoms with E-state index in [1.54, 1.807) is 0 Å². The minimum atomic E-state index is 0. The molecule has 0 saturated carbocycles. The van der Waals surface area contributed by atoms with Crippen molar-refractivity contribution in [1.82, 2.24) is 14.4 Å². The van der Waals surface area contributed by atoms with Crippen LogP contribution in [0.5, 0.6) is 0 Å². The number of unbranched alkanes of at least 4 members (excludes halogenated alkanes) is 1. The SMILES string of the molecule is C(=C\c1ccccc1)/CN1CCN(CCCCn2c3ccccc3c3ccccc32)CC1.Cl. The summed E-state index contributed by atoms with van der Waals surface area (Å²) in [5, 5.41) is 2.75. The molecule has 4 aromatic rings. The lowest BCUT2D eigenvalue weighted by atomic mass is 10.2. The zero-order chi connectivity index (χ0) is 21.6. The van der Waals surface area contributed by atoms with Gasteiger partial charge in [0.05, 0.1) is 0 Å². The summed E-state index contributed by atoms with van der Waals surface area (Å²) in [7, 11) is 0. The maximum Gasteiger partial charge on any atom is 0.0491 e. The molecule has 0 N–H and O–H groups in total. The van der Waals surface area contributed by atoms with Crippen LogP contribution in [0, 0.1) is 0 Å². The first-order valence-corrected chi connectivity index (χ1v) is 12.0. The standard InChI is InChI=1S/C29H33N3.ClH/c1-2-11-25(12-3-1)13-10-19-31-23-21-30(22-24-31)18-8-9-20-32-28-16-6-4-14-26(28)27-15-5-7-17-29(27)32;/h1-7,10-17H,8-9,18-24H2;1H/b13-10+;. The molecule has 1 aliphatic rings. The molecular weight excluding hydrogens is 426 g/mol. The van der Waals surface area contributed by atoms with Crippen molar-refractivity contribution < 1.29 is 0 Å². The summed E-state index contributed by atoms with van der Waals surface area (Å²) in [6, 6.07) is 28.2. The fourth-order valence-electron chi connectivity index (χ4n) is 4.95. The summed E-state index contributed by atoms with van der Waals surface area (Å²) >= 11 is 0. The zero-order valence-electron chi connectivity index (χ0n) is 19.3. The molecule has 33 heavy (non-hydrogen) atoms. The van der Waals surface area contributed by atoms with E-state index in [1.807, 2.05) is 0 Å². The average Bonchev–Trinajstić information content (AvgIpc) is 3.17. The van der Waals surface area contributed by atoms with E-state index in [1.165, 1.54) is 72.9 Å². The van der Waals surface area contributed by atoms with Crippen LogP contribution < -0.4 is 0 Å². The molecule has 0 radical (unpaired) electrons. The van der Waals surface area contributed by atoms with Crippen molar-refractivity contribution in [3.8, 4) is 0 Å². The number of benzene rings is 3. The topological polar surface area (TPSA) is 11.4 Å². The number of piperazine rings is 1. The van der Waals surface area contributed by atoms with Crippen molar-refractivity contribution in [2.45, 2.75) is 19.4 Å². The number of rotatable bonds is 8. The number of aromatic nitrogens is 1. The molecule has 1 fully saturated rings. The highest BCUT2D eigenvalue weighted by atomic mass is 35.5. The van der Waals surface area contributed by atoms with Crippen LogP contribution in [-0.4, -0.2) is 53.6 Å². The van der Waals surface area contributed by atoms with E-state index in [9.17, 15) is 0 Å². The summed E-state index contributed by atoms with van der Waals surface area (Å²) in [5.41, 5.74) is 4.02. The molecule has 172 valence electrons. The second-order valence-electron chi connectivity index (χ2n) is 8.85. The summed E-state index contributed by atoms with van der Waals surface area (Å²) in [4.78, 5) is 5.21. The predicted octanol–water partition coefficient (Wildman–Crippen LogP) is 6.33. The fourth-order valence-corrected chi connectivity index (χ4v) is 4.95. The molecule has 3 nitrogen and oxygen atoms in total. The Kier molecular flexibility index (Phi) is 8.22. The first-order chi connectivity index (χ1) is 15.9. The lowest BCUT2D eigenvalue weighted by molar-refractivity contribution is 0.140. The van der Waals surface area contributed by atoms with Crippen LogP contribution in [0.1, 0.15) is 18.4 Å². The molecule has 1 saturated heterocycles. The second kappa shape index (κ2) is 11.5. The summed E-state index contributed by atoms with van der Waals surface area (Å²) in [6.07, 6.45) is 7.02. The Balaban J connectivity index is 0.00000259. The van der Waals surface area contributed by atoms with Gasteiger partial charge in [-0.2, -0.15) is 0 Å². The maximum atomic E-state index is 2.64. The van der Waals surface area contributed by atoms with Gasteiger partial charge in [-0.05, 0) is 37.1 Å². The molecule has 2 heterocycles. The Morgan fingerprint density at radius 2 is 1.15 bits per heavy atom. The lowest BCUT2D eigenvalue weighted by Gasteiger charge is -2.34. The van der Waals surface area contributed by atoms with E-state index in [2.05, 4.69) is 105 Å². The van der Waals surface area contributed by atoms with Gasteiger partial charge in [0.2, 0.25) is 0 Å². The van der Waals surface area contributed by atoms with Gasteiger partial charge in [-0.15, -0.1) is 12.4 Å². The molecule has 0 atom stereocenters. The van der Waals surface area contributed by atoms with Crippen molar-refractivity contribution >= 4 is 40.3 Å². The van der Waals surface area contributed by atoms with Gasteiger partial charge in [0.1, 0.15) is 0 Å². The molecule has 0 aliphatic carbocycles. The van der Waals surface area contributed by atoms with Crippen LogP contribution >= 0.6 is 12.4 Å². The van der Waals surface area contributed by atoms with E-state index >= 15 is 0 Å². The smallest absolute Gasteiger partial charge is 0.0491 e. The third-order valence-electron chi connectivity index (χ3n) is 6.72. The highest BCUT2D eigenvalue weighted by molar-refractivity contribution is 6.07. The van der Waals surface area contributed by atoms with Gasteiger partial charge in [-0.25, -0.2) is 0 Å². The number of fused-ring (bicyclic) bond motifs is 3. The molecule has 1 aliphatic heterocycles. The Labute approximate surface area is 203 Å². The van der Waals surface area contributed by atoms with Crippen molar-refractivity contribution in [2.75, 3.05) is 39.3 Å². The average molecular weight is 460 g/mol. The van der Waals surface area contributed by atoms with E-state index in [-0.39, 0.29) is 12.4 Å². The van der Waals surface area contributed by atoms with Gasteiger partial charge in [0.15, 0.2) is 0 Å². The van der Waals surface area contributed by atoms with Crippen molar-refractivity contribution in [2.24, 2.45) is 0 Å². The Morgan fingerprint density at radius 1 is 0.606 bits per heavy atom. The van der Waals surface area contributed by atoms with Crippen molar-refractivity contribution in [1.29, 1.82) is 0 Å². The largest absolute Gasteiger partial charge is 0.340 e. The van der Waals surface area contributed by atoms with Gasteiger partial charge in [-0.1, -0.05) is 78.9 Å². The van der Waals surface area contributed by atoms with E-state index in [0.717, 1.165) is 13.1 Å². The lowest BCUT2D eigenvalue weighted by Crippen LogP contribution is -2.46. The van der Waals surface area contributed by atoms with Crippen LogP contribution in [0.2, 0.25) is 0 Å². The van der Waals surface area contributed by atoms with Crippen LogP contribution in [0.3, 0.4) is 0 Å². The van der Waals surface area contributed by atoms with Crippen LogP contribution in [0.25, 0.3) is 27.9 Å². The maximum absolute atomic E-state index is 2.64. The number of aryl methyl sites for hydroxylation is 1. The van der Waals surface area contributed by atoms with Crippen molar-refractivity contribution in [3.05, 3.63) is 90.5 Å². The number of para-hydroxylation sites is 2. The molecule has 3 aromatic carbocycles. The molecule has 0 unspecified atom stereocenters. The van der Waals surface area contributed by atoms with Gasteiger partial charge in [0, 0.05) is 61.1 Å². The van der Waals surface area contributed by atoms with Gasteiger partial charge in [0.25, 0.3) is 0 Å². The van der Waals surface area contributed by atoms with Gasteiger partial charge in [-0.3, -0.25) is 4.90 Å². The number of halogens is 1. The Morgan fingerprint density at radius 3 is 1.82 bits per heavy atom. The van der Waals surface area contributed by atoms with Gasteiger partial charge < -0.3 is 9.47 Å². The second-order valence-corrected chi connectivity index (χ2v) is 8.85. The number of hydrogen-bond donors (Lipinski definition) is 0. The molecule has 4 heteroatoms. The highest BCUT2D eigenvalue weighted by Gasteiger charge is 2.15. The molecule has 5 rings (SSSR count). The van der Waals surface area contributed by atoms with Gasteiger partial charge >= 0.3 is 0 Å². The molecule has 0 amide bonds. The quantitative estimate of drug-likeness (QED) is 0.285. The summed E-state index contributed by atoms with van der Waals surface area (Å²) < 4.78 is 2.52. The van der Waals surface area contributed by atoms with E-state index in [4.69, 9.17) is 0 Å².